The van der Waals surface area contributed by atoms with Crippen LogP contribution < -0.4 is 0 Å². The summed E-state index contributed by atoms with van der Waals surface area (Å²) >= 11 is 5.07. The van der Waals surface area contributed by atoms with Crippen molar-refractivity contribution in [3.63, 3.8) is 0 Å². The summed E-state index contributed by atoms with van der Waals surface area (Å²) in [6.45, 7) is 0.426. The van der Waals surface area contributed by atoms with Crippen molar-refractivity contribution < 1.29 is 9.21 Å². The van der Waals surface area contributed by atoms with Gasteiger partial charge in [-0.05, 0) is 24.3 Å². The zero-order valence-electron chi connectivity index (χ0n) is 9.34. The number of aromatic amines is 1. The second-order valence-corrected chi connectivity index (χ2v) is 4.06. The van der Waals surface area contributed by atoms with Gasteiger partial charge in [0.05, 0.1) is 18.4 Å². The Balaban J connectivity index is 2.15. The molecule has 1 N–H and O–H groups in total. The molecule has 5 heteroatoms. The standard InChI is InChI=1S/C12H12N2O2S/c1-14(8-9-4-3-7-16-9)12(15)10-5-2-6-13-11(10)17/h2-7H,8H2,1H3,(H,13,17). The Hall–Kier alpha value is -1.88. The van der Waals surface area contributed by atoms with Crippen LogP contribution >= 0.6 is 12.2 Å². The highest BCUT2D eigenvalue weighted by molar-refractivity contribution is 7.71. The number of furan rings is 1. The molecule has 0 bridgehead atoms. The van der Waals surface area contributed by atoms with Crippen LogP contribution in [0.3, 0.4) is 0 Å². The summed E-state index contributed by atoms with van der Waals surface area (Å²) in [7, 11) is 1.71. The summed E-state index contributed by atoms with van der Waals surface area (Å²) in [6.07, 6.45) is 3.29. The predicted octanol–water partition coefficient (Wildman–Crippen LogP) is 2.61. The predicted molar refractivity (Wildman–Crippen MR) is 66.1 cm³/mol. The minimum atomic E-state index is -0.122. The number of amides is 1. The lowest BCUT2D eigenvalue weighted by Crippen LogP contribution is -2.26. The lowest BCUT2D eigenvalue weighted by Gasteiger charge is -2.15. The molecule has 17 heavy (non-hydrogen) atoms. The maximum absolute atomic E-state index is 12.1. The Morgan fingerprint density at radius 2 is 2.29 bits per heavy atom. The molecule has 0 aromatic carbocycles. The van der Waals surface area contributed by atoms with Crippen LogP contribution in [0.15, 0.2) is 41.1 Å². The van der Waals surface area contributed by atoms with Crippen molar-refractivity contribution in [2.75, 3.05) is 7.05 Å². The molecular formula is C12H12N2O2S. The molecule has 0 aliphatic rings. The molecule has 2 heterocycles. The summed E-state index contributed by atoms with van der Waals surface area (Å²) in [5, 5.41) is 0. The van der Waals surface area contributed by atoms with Crippen LogP contribution in [0.25, 0.3) is 0 Å². The molecule has 0 aliphatic heterocycles. The van der Waals surface area contributed by atoms with Gasteiger partial charge in [0.1, 0.15) is 10.4 Å². The normalized spacial score (nSPS) is 10.2. The van der Waals surface area contributed by atoms with Crippen molar-refractivity contribution in [1.29, 1.82) is 0 Å². The van der Waals surface area contributed by atoms with E-state index >= 15 is 0 Å². The first-order chi connectivity index (χ1) is 8.18. The molecule has 88 valence electrons. The Kier molecular flexibility index (Phi) is 3.39. The molecular weight excluding hydrogens is 236 g/mol. The van der Waals surface area contributed by atoms with Gasteiger partial charge in [-0.25, -0.2) is 0 Å². The van der Waals surface area contributed by atoms with Crippen molar-refractivity contribution in [2.24, 2.45) is 0 Å². The van der Waals surface area contributed by atoms with Gasteiger partial charge in [-0.15, -0.1) is 0 Å². The molecule has 0 radical (unpaired) electrons. The maximum atomic E-state index is 12.1. The Morgan fingerprint density at radius 3 is 2.94 bits per heavy atom. The van der Waals surface area contributed by atoms with E-state index in [9.17, 15) is 4.79 Å². The number of nitrogens with zero attached hydrogens (tertiary/aromatic N) is 1. The fraction of sp³-hybridized carbons (Fsp3) is 0.167. The molecule has 0 unspecified atom stereocenters. The largest absolute Gasteiger partial charge is 0.467 e. The average molecular weight is 248 g/mol. The van der Waals surface area contributed by atoms with E-state index in [1.807, 2.05) is 6.07 Å². The van der Waals surface area contributed by atoms with E-state index in [-0.39, 0.29) is 5.91 Å². The third-order valence-corrected chi connectivity index (χ3v) is 2.71. The molecule has 0 aliphatic carbocycles. The zero-order valence-corrected chi connectivity index (χ0v) is 10.2. The van der Waals surface area contributed by atoms with Crippen molar-refractivity contribution in [2.45, 2.75) is 6.54 Å². The Labute approximate surface area is 104 Å². The number of rotatable bonds is 3. The first kappa shape index (κ1) is 11.6. The van der Waals surface area contributed by atoms with Crippen LogP contribution in [0.1, 0.15) is 16.1 Å². The lowest BCUT2D eigenvalue weighted by atomic mass is 10.2. The van der Waals surface area contributed by atoms with E-state index in [2.05, 4.69) is 4.98 Å². The van der Waals surface area contributed by atoms with Gasteiger partial charge < -0.3 is 14.3 Å². The third-order valence-electron chi connectivity index (χ3n) is 2.37. The van der Waals surface area contributed by atoms with Crippen LogP contribution in [-0.2, 0) is 6.54 Å². The Bertz CT molecular complexity index is 560. The average Bonchev–Trinajstić information content (AvgIpc) is 2.81. The monoisotopic (exact) mass is 248 g/mol. The molecule has 0 spiro atoms. The topological polar surface area (TPSA) is 49.2 Å². The molecule has 2 rings (SSSR count). The highest BCUT2D eigenvalue weighted by Crippen LogP contribution is 2.09. The van der Waals surface area contributed by atoms with Crippen LogP contribution in [0, 0.1) is 4.64 Å². The molecule has 4 nitrogen and oxygen atoms in total. The molecule has 0 atom stereocenters. The number of H-pyrrole nitrogens is 1. The van der Waals surface area contributed by atoms with Gasteiger partial charge in [0, 0.05) is 13.2 Å². The van der Waals surface area contributed by atoms with Gasteiger partial charge in [0.25, 0.3) is 5.91 Å². The number of nitrogens with one attached hydrogen (secondary N) is 1. The third kappa shape index (κ3) is 2.62. The van der Waals surface area contributed by atoms with Gasteiger partial charge in [-0.1, -0.05) is 12.2 Å². The number of hydrogen-bond acceptors (Lipinski definition) is 3. The van der Waals surface area contributed by atoms with Crippen molar-refractivity contribution in [3.05, 3.63) is 52.7 Å². The molecule has 0 saturated carbocycles. The first-order valence-corrected chi connectivity index (χ1v) is 5.55. The first-order valence-electron chi connectivity index (χ1n) is 5.14. The second-order valence-electron chi connectivity index (χ2n) is 3.65. The SMILES string of the molecule is CN(Cc1ccco1)C(=O)c1ccc[nH]c1=S. The van der Waals surface area contributed by atoms with Crippen LogP contribution in [0.5, 0.6) is 0 Å². The fourth-order valence-electron chi connectivity index (χ4n) is 1.50. The summed E-state index contributed by atoms with van der Waals surface area (Å²) in [6, 6.07) is 7.08. The van der Waals surface area contributed by atoms with Crippen molar-refractivity contribution in [1.82, 2.24) is 9.88 Å². The van der Waals surface area contributed by atoms with Crippen molar-refractivity contribution >= 4 is 18.1 Å². The highest BCUT2D eigenvalue weighted by Gasteiger charge is 2.14. The molecule has 1 amide bonds. The minimum Gasteiger partial charge on any atom is -0.467 e. The maximum Gasteiger partial charge on any atom is 0.257 e. The summed E-state index contributed by atoms with van der Waals surface area (Å²) in [4.78, 5) is 16.5. The van der Waals surface area contributed by atoms with Gasteiger partial charge in [0.15, 0.2) is 0 Å². The Morgan fingerprint density at radius 1 is 1.47 bits per heavy atom. The van der Waals surface area contributed by atoms with E-state index in [0.717, 1.165) is 5.76 Å². The van der Waals surface area contributed by atoms with Gasteiger partial charge >= 0.3 is 0 Å². The van der Waals surface area contributed by atoms with Crippen LogP contribution in [-0.4, -0.2) is 22.8 Å². The molecule has 2 aromatic rings. The van der Waals surface area contributed by atoms with Gasteiger partial charge in [-0.3, -0.25) is 4.79 Å². The molecule has 0 fully saturated rings. The van der Waals surface area contributed by atoms with Gasteiger partial charge in [-0.2, -0.15) is 0 Å². The number of pyridine rings is 1. The van der Waals surface area contributed by atoms with E-state index in [1.54, 1.807) is 42.6 Å². The zero-order chi connectivity index (χ0) is 12.3. The quantitative estimate of drug-likeness (QED) is 0.849. The van der Waals surface area contributed by atoms with Gasteiger partial charge in [0.2, 0.25) is 0 Å². The summed E-state index contributed by atoms with van der Waals surface area (Å²) in [5.41, 5.74) is 0.497. The van der Waals surface area contributed by atoms with E-state index < -0.39 is 0 Å². The lowest BCUT2D eigenvalue weighted by molar-refractivity contribution is 0.0774. The highest BCUT2D eigenvalue weighted by atomic mass is 32.1. The number of aromatic nitrogens is 1. The smallest absolute Gasteiger partial charge is 0.257 e. The van der Waals surface area contributed by atoms with E-state index in [1.165, 1.54) is 0 Å². The summed E-state index contributed by atoms with van der Waals surface area (Å²) < 4.78 is 5.64. The van der Waals surface area contributed by atoms with Crippen molar-refractivity contribution in [3.8, 4) is 0 Å². The minimum absolute atomic E-state index is 0.122. The summed E-state index contributed by atoms with van der Waals surface area (Å²) in [5.74, 6) is 0.620. The van der Waals surface area contributed by atoms with E-state index in [0.29, 0.717) is 16.7 Å². The molecule has 2 aromatic heterocycles. The van der Waals surface area contributed by atoms with Crippen LogP contribution in [0.4, 0.5) is 0 Å². The van der Waals surface area contributed by atoms with Crippen LogP contribution in [0.2, 0.25) is 0 Å². The number of carbonyl (C=O) groups is 1. The number of hydrogen-bond donors (Lipinski definition) is 1. The number of carbonyl (C=O) groups excluding carboxylic acids is 1. The molecule has 0 saturated heterocycles. The van der Waals surface area contributed by atoms with E-state index in [4.69, 9.17) is 16.6 Å². The second kappa shape index (κ2) is 4.97. The fourth-order valence-corrected chi connectivity index (χ4v) is 1.73.